The molecule has 0 unspecified atom stereocenters. The highest BCUT2D eigenvalue weighted by Gasteiger charge is 2.35. The average Bonchev–Trinajstić information content (AvgIpc) is 2.32. The van der Waals surface area contributed by atoms with Crippen LogP contribution in [0.1, 0.15) is 35.2 Å². The average molecular weight is 327 g/mol. The molecule has 0 atom stereocenters. The van der Waals surface area contributed by atoms with Crippen LogP contribution in [-0.2, 0) is 6.18 Å². The van der Waals surface area contributed by atoms with Crippen molar-refractivity contribution in [2.24, 2.45) is 5.73 Å². The zero-order valence-electron chi connectivity index (χ0n) is 11.0. The van der Waals surface area contributed by atoms with E-state index >= 15 is 0 Å². The van der Waals surface area contributed by atoms with Crippen LogP contribution >= 0.6 is 12.4 Å². The van der Waals surface area contributed by atoms with Gasteiger partial charge in [0.15, 0.2) is 0 Å². The van der Waals surface area contributed by atoms with E-state index in [-0.39, 0.29) is 24.5 Å². The molecule has 8 heteroatoms. The van der Waals surface area contributed by atoms with Crippen LogP contribution in [0.2, 0.25) is 0 Å². The SMILES string of the molecule is Cl.NC1(CNC(=O)c2ccc(F)c(C(F)(F)F)c2)CCC1. The molecule has 0 heterocycles. The molecular weight excluding hydrogens is 312 g/mol. The minimum atomic E-state index is -4.83. The standard InChI is InChI=1S/C13H14F4N2O.ClH/c14-10-3-2-8(6-9(10)13(15,16)17)11(20)19-7-12(18)4-1-5-12;/h2-3,6H,1,4-5,7,18H2,(H,19,20);1H. The smallest absolute Gasteiger partial charge is 0.350 e. The molecule has 0 aliphatic heterocycles. The summed E-state index contributed by atoms with van der Waals surface area (Å²) in [7, 11) is 0. The molecule has 1 aliphatic carbocycles. The lowest BCUT2D eigenvalue weighted by atomic mass is 9.78. The monoisotopic (exact) mass is 326 g/mol. The number of halogens is 5. The first-order valence-corrected chi connectivity index (χ1v) is 6.15. The van der Waals surface area contributed by atoms with Crippen LogP contribution in [0.25, 0.3) is 0 Å². The van der Waals surface area contributed by atoms with E-state index in [1.54, 1.807) is 0 Å². The summed E-state index contributed by atoms with van der Waals surface area (Å²) in [5, 5.41) is 2.49. The Morgan fingerprint density at radius 1 is 1.33 bits per heavy atom. The van der Waals surface area contributed by atoms with E-state index in [9.17, 15) is 22.4 Å². The Hall–Kier alpha value is -1.34. The predicted molar refractivity (Wildman–Crippen MR) is 71.8 cm³/mol. The number of rotatable bonds is 3. The fourth-order valence-corrected chi connectivity index (χ4v) is 2.05. The third kappa shape index (κ3) is 4.07. The maximum atomic E-state index is 13.1. The third-order valence-electron chi connectivity index (χ3n) is 3.48. The number of carbonyl (C=O) groups excluding carboxylic acids is 1. The van der Waals surface area contributed by atoms with Crippen molar-refractivity contribution >= 4 is 18.3 Å². The highest BCUT2D eigenvalue weighted by atomic mass is 35.5. The third-order valence-corrected chi connectivity index (χ3v) is 3.48. The van der Waals surface area contributed by atoms with Gasteiger partial charge >= 0.3 is 6.18 Å². The molecule has 0 spiro atoms. The summed E-state index contributed by atoms with van der Waals surface area (Å²) in [6.45, 7) is 0.199. The van der Waals surface area contributed by atoms with Gasteiger partial charge in [-0.05, 0) is 37.5 Å². The molecule has 0 bridgehead atoms. The summed E-state index contributed by atoms with van der Waals surface area (Å²) < 4.78 is 50.7. The van der Waals surface area contributed by atoms with Gasteiger partial charge in [0.2, 0.25) is 0 Å². The van der Waals surface area contributed by atoms with Crippen LogP contribution in [0.15, 0.2) is 18.2 Å². The Kier molecular flexibility index (Phi) is 5.22. The molecule has 1 amide bonds. The Labute approximate surface area is 125 Å². The second-order valence-corrected chi connectivity index (χ2v) is 5.09. The maximum Gasteiger partial charge on any atom is 0.419 e. The van der Waals surface area contributed by atoms with Crippen molar-refractivity contribution in [1.82, 2.24) is 5.32 Å². The van der Waals surface area contributed by atoms with E-state index in [2.05, 4.69) is 5.32 Å². The molecule has 1 aliphatic rings. The fraction of sp³-hybridized carbons (Fsp3) is 0.462. The molecule has 2 rings (SSSR count). The lowest BCUT2D eigenvalue weighted by Gasteiger charge is -2.38. The van der Waals surface area contributed by atoms with Crippen molar-refractivity contribution in [3.05, 3.63) is 35.1 Å². The molecule has 1 aromatic rings. The minimum Gasteiger partial charge on any atom is -0.350 e. The molecule has 1 fully saturated rings. The Morgan fingerprint density at radius 2 is 1.95 bits per heavy atom. The van der Waals surface area contributed by atoms with E-state index < -0.39 is 29.0 Å². The zero-order valence-corrected chi connectivity index (χ0v) is 11.8. The van der Waals surface area contributed by atoms with Gasteiger partial charge in [0, 0.05) is 17.6 Å². The summed E-state index contributed by atoms with van der Waals surface area (Å²) in [6, 6.07) is 2.16. The Bertz CT molecular complexity index is 529. The maximum absolute atomic E-state index is 13.1. The van der Waals surface area contributed by atoms with Gasteiger partial charge in [0.05, 0.1) is 5.56 Å². The van der Waals surface area contributed by atoms with Gasteiger partial charge in [-0.3, -0.25) is 4.79 Å². The van der Waals surface area contributed by atoms with Crippen molar-refractivity contribution in [2.45, 2.75) is 31.0 Å². The van der Waals surface area contributed by atoms with E-state index in [4.69, 9.17) is 5.73 Å². The van der Waals surface area contributed by atoms with E-state index in [1.165, 1.54) is 0 Å². The molecule has 3 nitrogen and oxygen atoms in total. The number of nitrogens with two attached hydrogens (primary N) is 1. The molecule has 118 valence electrons. The van der Waals surface area contributed by atoms with Gasteiger partial charge in [-0.25, -0.2) is 4.39 Å². The van der Waals surface area contributed by atoms with Crippen molar-refractivity contribution < 1.29 is 22.4 Å². The summed E-state index contributed by atoms with van der Waals surface area (Å²) in [5.74, 6) is -2.09. The number of alkyl halides is 3. The first-order valence-electron chi connectivity index (χ1n) is 6.15. The van der Waals surface area contributed by atoms with Crippen molar-refractivity contribution in [3.8, 4) is 0 Å². The van der Waals surface area contributed by atoms with Gasteiger partial charge in [-0.15, -0.1) is 12.4 Å². The zero-order chi connectivity index (χ0) is 15.0. The normalized spacial score (nSPS) is 16.6. The van der Waals surface area contributed by atoms with Gasteiger partial charge in [0.25, 0.3) is 5.91 Å². The molecule has 3 N–H and O–H groups in total. The number of carbonyl (C=O) groups is 1. The second kappa shape index (κ2) is 6.19. The number of benzene rings is 1. The molecule has 21 heavy (non-hydrogen) atoms. The van der Waals surface area contributed by atoms with Crippen molar-refractivity contribution in [3.63, 3.8) is 0 Å². The van der Waals surface area contributed by atoms with Gasteiger partial charge < -0.3 is 11.1 Å². The molecule has 0 radical (unpaired) electrons. The Balaban J connectivity index is 0.00000220. The minimum absolute atomic E-state index is 0. The highest BCUT2D eigenvalue weighted by molar-refractivity contribution is 5.94. The van der Waals surface area contributed by atoms with Crippen LogP contribution in [0.4, 0.5) is 17.6 Å². The van der Waals surface area contributed by atoms with Crippen molar-refractivity contribution in [1.29, 1.82) is 0 Å². The van der Waals surface area contributed by atoms with Crippen LogP contribution in [0.3, 0.4) is 0 Å². The summed E-state index contributed by atoms with van der Waals surface area (Å²) in [4.78, 5) is 11.8. The van der Waals surface area contributed by atoms with Gasteiger partial charge in [0.1, 0.15) is 5.82 Å². The predicted octanol–water partition coefficient (Wildman–Crippen LogP) is 2.88. The summed E-state index contributed by atoms with van der Waals surface area (Å²) in [5.41, 5.74) is 3.75. The van der Waals surface area contributed by atoms with E-state index in [0.29, 0.717) is 12.1 Å². The lowest BCUT2D eigenvalue weighted by molar-refractivity contribution is -0.140. The highest BCUT2D eigenvalue weighted by Crippen LogP contribution is 2.32. The quantitative estimate of drug-likeness (QED) is 0.839. The molecule has 1 saturated carbocycles. The summed E-state index contributed by atoms with van der Waals surface area (Å²) in [6.07, 6.45) is -2.32. The van der Waals surface area contributed by atoms with Gasteiger partial charge in [-0.1, -0.05) is 0 Å². The fourth-order valence-electron chi connectivity index (χ4n) is 2.05. The molecule has 1 aromatic carbocycles. The molecule has 0 saturated heterocycles. The lowest BCUT2D eigenvalue weighted by Crippen LogP contribution is -2.54. The largest absolute Gasteiger partial charge is 0.419 e. The van der Waals surface area contributed by atoms with Crippen LogP contribution < -0.4 is 11.1 Å². The Morgan fingerprint density at radius 3 is 2.43 bits per heavy atom. The van der Waals surface area contributed by atoms with Crippen LogP contribution in [0.5, 0.6) is 0 Å². The second-order valence-electron chi connectivity index (χ2n) is 5.09. The number of nitrogens with one attached hydrogen (secondary N) is 1. The van der Waals surface area contributed by atoms with E-state index in [0.717, 1.165) is 25.3 Å². The first kappa shape index (κ1) is 17.7. The van der Waals surface area contributed by atoms with Crippen LogP contribution in [-0.4, -0.2) is 18.0 Å². The molecule has 0 aromatic heterocycles. The van der Waals surface area contributed by atoms with Crippen LogP contribution in [0, 0.1) is 5.82 Å². The van der Waals surface area contributed by atoms with Gasteiger partial charge in [-0.2, -0.15) is 13.2 Å². The first-order chi connectivity index (χ1) is 9.21. The van der Waals surface area contributed by atoms with E-state index in [1.807, 2.05) is 0 Å². The topological polar surface area (TPSA) is 55.1 Å². The number of amides is 1. The van der Waals surface area contributed by atoms with Crippen molar-refractivity contribution in [2.75, 3.05) is 6.54 Å². The summed E-state index contributed by atoms with van der Waals surface area (Å²) >= 11 is 0. The number of hydrogen-bond acceptors (Lipinski definition) is 2. The molecular formula is C13H15ClF4N2O. The number of hydrogen-bond donors (Lipinski definition) is 2.